The lowest BCUT2D eigenvalue weighted by Crippen LogP contribution is -2.22. The Morgan fingerprint density at radius 1 is 1.21 bits per heavy atom. The zero-order valence-corrected chi connectivity index (χ0v) is 13.4. The summed E-state index contributed by atoms with van der Waals surface area (Å²) in [6.45, 7) is 5.24. The molecule has 1 nitrogen and oxygen atoms in total. The first-order valence-corrected chi connectivity index (χ1v) is 7.96. The van der Waals surface area contributed by atoms with Gasteiger partial charge in [-0.05, 0) is 54.6 Å². The van der Waals surface area contributed by atoms with Crippen molar-refractivity contribution in [3.8, 4) is 0 Å². The predicted octanol–water partition coefficient (Wildman–Crippen LogP) is 5.26. The molecule has 2 aromatic rings. The number of halogens is 2. The van der Waals surface area contributed by atoms with E-state index in [2.05, 4.69) is 30.6 Å². The van der Waals surface area contributed by atoms with E-state index >= 15 is 0 Å². The van der Waals surface area contributed by atoms with Crippen molar-refractivity contribution in [3.63, 3.8) is 0 Å². The second-order valence-electron chi connectivity index (χ2n) is 4.53. The highest BCUT2D eigenvalue weighted by Gasteiger charge is 2.15. The number of nitrogens with one attached hydrogen (secondary N) is 1. The molecule has 1 aromatic heterocycles. The second-order valence-corrected chi connectivity index (χ2v) is 6.29. The molecule has 102 valence electrons. The van der Waals surface area contributed by atoms with Crippen LogP contribution in [0.5, 0.6) is 0 Å². The largest absolute Gasteiger partial charge is 0.309 e. The molecular formula is C15H17Cl2NS. The highest BCUT2D eigenvalue weighted by atomic mass is 35.5. The first kappa shape index (κ1) is 14.9. The predicted molar refractivity (Wildman–Crippen MR) is 85.6 cm³/mol. The fourth-order valence-corrected chi connectivity index (χ4v) is 3.47. The van der Waals surface area contributed by atoms with Crippen LogP contribution in [0.2, 0.25) is 10.0 Å². The van der Waals surface area contributed by atoms with Gasteiger partial charge in [-0.15, -0.1) is 11.3 Å². The van der Waals surface area contributed by atoms with Gasteiger partial charge in [0.05, 0.1) is 10.0 Å². The van der Waals surface area contributed by atoms with Crippen LogP contribution in [0.4, 0.5) is 0 Å². The van der Waals surface area contributed by atoms with E-state index in [-0.39, 0.29) is 0 Å². The maximum absolute atomic E-state index is 6.08. The molecule has 0 bridgehead atoms. The van der Waals surface area contributed by atoms with Crippen molar-refractivity contribution in [2.45, 2.75) is 26.3 Å². The first-order valence-electron chi connectivity index (χ1n) is 6.33. The Bertz CT molecular complexity index is 551. The van der Waals surface area contributed by atoms with Gasteiger partial charge in [-0.3, -0.25) is 0 Å². The molecule has 1 aromatic carbocycles. The van der Waals surface area contributed by atoms with E-state index in [0.29, 0.717) is 16.1 Å². The minimum absolute atomic E-state index is 0.335. The molecular weight excluding hydrogens is 297 g/mol. The van der Waals surface area contributed by atoms with E-state index in [1.54, 1.807) is 11.3 Å². The van der Waals surface area contributed by atoms with Crippen LogP contribution in [0.15, 0.2) is 29.6 Å². The summed E-state index contributed by atoms with van der Waals surface area (Å²) in [7, 11) is 0. The number of likely N-dealkylation sites (N-methyl/N-ethyl adjacent to an activating group) is 1. The number of thiophene rings is 1. The van der Waals surface area contributed by atoms with Gasteiger partial charge in [-0.1, -0.05) is 36.2 Å². The highest BCUT2D eigenvalue weighted by molar-refractivity contribution is 7.10. The molecule has 0 radical (unpaired) electrons. The van der Waals surface area contributed by atoms with Gasteiger partial charge in [0.25, 0.3) is 0 Å². The fourth-order valence-electron chi connectivity index (χ4n) is 2.15. The average Bonchev–Trinajstić information content (AvgIpc) is 2.79. The van der Waals surface area contributed by atoms with E-state index in [1.165, 1.54) is 16.0 Å². The Morgan fingerprint density at radius 2 is 2.00 bits per heavy atom. The lowest BCUT2D eigenvalue weighted by atomic mass is 10.0. The summed E-state index contributed by atoms with van der Waals surface area (Å²) in [5.74, 6) is 0. The fraction of sp³-hybridized carbons (Fsp3) is 0.333. The van der Waals surface area contributed by atoms with Gasteiger partial charge in [0.2, 0.25) is 0 Å². The van der Waals surface area contributed by atoms with Crippen LogP contribution in [0.25, 0.3) is 0 Å². The van der Waals surface area contributed by atoms with Gasteiger partial charge in [0.1, 0.15) is 0 Å². The molecule has 1 atom stereocenters. The van der Waals surface area contributed by atoms with E-state index in [0.717, 1.165) is 13.0 Å². The number of benzene rings is 1. The SMILES string of the molecule is CCNC(Cc1ccc(Cl)c(Cl)c1)c1sccc1C. The Balaban J connectivity index is 2.21. The third kappa shape index (κ3) is 3.73. The lowest BCUT2D eigenvalue weighted by molar-refractivity contribution is 0.556. The molecule has 1 unspecified atom stereocenters. The van der Waals surface area contributed by atoms with Crippen LogP contribution in [0.3, 0.4) is 0 Å². The molecule has 0 aliphatic carbocycles. The molecule has 0 amide bonds. The second kappa shape index (κ2) is 6.76. The van der Waals surface area contributed by atoms with Crippen molar-refractivity contribution in [1.29, 1.82) is 0 Å². The number of rotatable bonds is 5. The molecule has 0 spiro atoms. The quantitative estimate of drug-likeness (QED) is 0.794. The zero-order valence-electron chi connectivity index (χ0n) is 11.0. The monoisotopic (exact) mass is 313 g/mol. The van der Waals surface area contributed by atoms with Gasteiger partial charge in [0, 0.05) is 10.9 Å². The van der Waals surface area contributed by atoms with Gasteiger partial charge in [-0.2, -0.15) is 0 Å². The molecule has 0 aliphatic rings. The molecule has 1 N–H and O–H groups in total. The number of hydrogen-bond donors (Lipinski definition) is 1. The molecule has 0 fully saturated rings. The average molecular weight is 314 g/mol. The van der Waals surface area contributed by atoms with E-state index in [9.17, 15) is 0 Å². The smallest absolute Gasteiger partial charge is 0.0595 e. The maximum atomic E-state index is 6.08. The Labute approximate surface area is 128 Å². The molecule has 2 rings (SSSR count). The number of hydrogen-bond acceptors (Lipinski definition) is 2. The minimum atomic E-state index is 0.335. The Kier molecular flexibility index (Phi) is 5.28. The third-order valence-corrected chi connectivity index (χ3v) is 4.96. The maximum Gasteiger partial charge on any atom is 0.0595 e. The van der Waals surface area contributed by atoms with E-state index < -0.39 is 0 Å². The summed E-state index contributed by atoms with van der Waals surface area (Å²) < 4.78 is 0. The summed E-state index contributed by atoms with van der Waals surface area (Å²) >= 11 is 13.8. The normalized spacial score (nSPS) is 12.6. The molecule has 0 saturated carbocycles. The Hall–Kier alpha value is -0.540. The summed E-state index contributed by atoms with van der Waals surface area (Å²) in [5, 5.41) is 6.92. The van der Waals surface area contributed by atoms with E-state index in [4.69, 9.17) is 23.2 Å². The highest BCUT2D eigenvalue weighted by Crippen LogP contribution is 2.29. The van der Waals surface area contributed by atoms with Crippen molar-refractivity contribution in [2.24, 2.45) is 0 Å². The van der Waals surface area contributed by atoms with Gasteiger partial charge in [-0.25, -0.2) is 0 Å². The van der Waals surface area contributed by atoms with Gasteiger partial charge < -0.3 is 5.32 Å². The Morgan fingerprint density at radius 3 is 2.58 bits per heavy atom. The van der Waals surface area contributed by atoms with Crippen molar-refractivity contribution >= 4 is 34.5 Å². The van der Waals surface area contributed by atoms with Crippen LogP contribution in [-0.2, 0) is 6.42 Å². The zero-order chi connectivity index (χ0) is 13.8. The van der Waals surface area contributed by atoms with Crippen molar-refractivity contribution in [1.82, 2.24) is 5.32 Å². The standard InChI is InChI=1S/C15H17Cl2NS/c1-3-18-14(15-10(2)6-7-19-15)9-11-4-5-12(16)13(17)8-11/h4-8,14,18H,3,9H2,1-2H3. The molecule has 19 heavy (non-hydrogen) atoms. The lowest BCUT2D eigenvalue weighted by Gasteiger charge is -2.18. The van der Waals surface area contributed by atoms with E-state index in [1.807, 2.05) is 18.2 Å². The van der Waals surface area contributed by atoms with Crippen LogP contribution in [0, 0.1) is 6.92 Å². The van der Waals surface area contributed by atoms with Crippen molar-refractivity contribution in [2.75, 3.05) is 6.54 Å². The summed E-state index contributed by atoms with van der Waals surface area (Å²) in [4.78, 5) is 1.40. The molecule has 4 heteroatoms. The van der Waals surface area contributed by atoms with Gasteiger partial charge in [0.15, 0.2) is 0 Å². The molecule has 1 heterocycles. The van der Waals surface area contributed by atoms with Crippen molar-refractivity contribution in [3.05, 3.63) is 55.7 Å². The van der Waals surface area contributed by atoms with Crippen LogP contribution >= 0.6 is 34.5 Å². The topological polar surface area (TPSA) is 12.0 Å². The summed E-state index contributed by atoms with van der Waals surface area (Å²) in [6.07, 6.45) is 0.923. The molecule has 0 aliphatic heterocycles. The minimum Gasteiger partial charge on any atom is -0.309 e. The first-order chi connectivity index (χ1) is 9.11. The van der Waals surface area contributed by atoms with Crippen LogP contribution in [-0.4, -0.2) is 6.54 Å². The number of aryl methyl sites for hydroxylation is 1. The third-order valence-electron chi connectivity index (χ3n) is 3.09. The van der Waals surface area contributed by atoms with Crippen LogP contribution < -0.4 is 5.32 Å². The summed E-state index contributed by atoms with van der Waals surface area (Å²) in [5.41, 5.74) is 2.55. The van der Waals surface area contributed by atoms with Gasteiger partial charge >= 0.3 is 0 Å². The van der Waals surface area contributed by atoms with Crippen LogP contribution in [0.1, 0.15) is 29.0 Å². The summed E-state index contributed by atoms with van der Waals surface area (Å²) in [6, 6.07) is 8.36. The van der Waals surface area contributed by atoms with Crippen molar-refractivity contribution < 1.29 is 0 Å². The molecule has 0 saturated heterocycles.